The summed E-state index contributed by atoms with van der Waals surface area (Å²) >= 11 is 0. The van der Waals surface area contributed by atoms with Crippen molar-refractivity contribution in [2.75, 3.05) is 13.7 Å². The second-order valence-electron chi connectivity index (χ2n) is 3.15. The first kappa shape index (κ1) is 11.0. The molecule has 0 fully saturated rings. The Morgan fingerprint density at radius 2 is 2.21 bits per heavy atom. The molecule has 1 atom stereocenters. The zero-order valence-corrected chi connectivity index (χ0v) is 8.87. The predicted molar refractivity (Wildman–Crippen MR) is 56.4 cm³/mol. The molecule has 1 unspecified atom stereocenters. The van der Waals surface area contributed by atoms with Gasteiger partial charge in [-0.25, -0.2) is 0 Å². The monoisotopic (exact) mass is 195 g/mol. The molecule has 0 bridgehead atoms. The number of nitrogens with one attached hydrogen (secondary N) is 1. The lowest BCUT2D eigenvalue weighted by Gasteiger charge is -2.12. The largest absolute Gasteiger partial charge is 0.494 e. The maximum Gasteiger partial charge on any atom is 0.130 e. The average molecular weight is 195 g/mol. The van der Waals surface area contributed by atoms with Gasteiger partial charge in [-0.3, -0.25) is 5.32 Å². The van der Waals surface area contributed by atoms with E-state index in [2.05, 4.69) is 5.32 Å². The van der Waals surface area contributed by atoms with Gasteiger partial charge in [0.1, 0.15) is 12.0 Å². The van der Waals surface area contributed by atoms with E-state index in [-0.39, 0.29) is 0 Å². The Kier molecular flexibility index (Phi) is 3.92. The highest BCUT2D eigenvalue weighted by Gasteiger charge is 2.06. The molecule has 2 N–H and O–H groups in total. The van der Waals surface area contributed by atoms with E-state index in [0.717, 1.165) is 16.9 Å². The Bertz CT molecular complexity index is 299. The highest BCUT2D eigenvalue weighted by atomic mass is 16.5. The van der Waals surface area contributed by atoms with Gasteiger partial charge in [0.2, 0.25) is 0 Å². The van der Waals surface area contributed by atoms with Gasteiger partial charge < -0.3 is 9.84 Å². The van der Waals surface area contributed by atoms with E-state index in [0.29, 0.717) is 6.61 Å². The second-order valence-corrected chi connectivity index (χ2v) is 3.15. The van der Waals surface area contributed by atoms with Gasteiger partial charge in [-0.15, -0.1) is 0 Å². The lowest BCUT2D eigenvalue weighted by molar-refractivity contribution is 0.149. The van der Waals surface area contributed by atoms with Crippen LogP contribution in [0.4, 0.5) is 0 Å². The molecule has 0 aromatic heterocycles. The van der Waals surface area contributed by atoms with Crippen LogP contribution in [0.25, 0.3) is 0 Å². The Morgan fingerprint density at radius 3 is 2.71 bits per heavy atom. The maximum atomic E-state index is 9.52. The fraction of sp³-hybridized carbons (Fsp3) is 0.455. The van der Waals surface area contributed by atoms with Crippen molar-refractivity contribution < 1.29 is 9.84 Å². The van der Waals surface area contributed by atoms with E-state index in [9.17, 15) is 5.11 Å². The lowest BCUT2D eigenvalue weighted by Crippen LogP contribution is -2.15. The van der Waals surface area contributed by atoms with Crippen molar-refractivity contribution in [1.82, 2.24) is 5.32 Å². The van der Waals surface area contributed by atoms with Crippen molar-refractivity contribution >= 4 is 0 Å². The zero-order chi connectivity index (χ0) is 10.6. The molecule has 14 heavy (non-hydrogen) atoms. The molecule has 0 spiro atoms. The Labute approximate surface area is 84.7 Å². The van der Waals surface area contributed by atoms with Gasteiger partial charge in [0.15, 0.2) is 0 Å². The summed E-state index contributed by atoms with van der Waals surface area (Å²) in [5.74, 6) is 0.875. The van der Waals surface area contributed by atoms with Gasteiger partial charge in [-0.05, 0) is 44.2 Å². The van der Waals surface area contributed by atoms with Crippen LogP contribution in [0.3, 0.4) is 0 Å². The van der Waals surface area contributed by atoms with E-state index in [1.54, 1.807) is 7.05 Å². The summed E-state index contributed by atoms with van der Waals surface area (Å²) in [6.07, 6.45) is -0.607. The fourth-order valence-electron chi connectivity index (χ4n) is 1.33. The molecule has 0 aliphatic rings. The molecule has 3 heteroatoms. The molecule has 1 rings (SSSR count). The van der Waals surface area contributed by atoms with Crippen molar-refractivity contribution in [2.45, 2.75) is 20.1 Å². The summed E-state index contributed by atoms with van der Waals surface area (Å²) in [6.45, 7) is 4.58. The molecule has 0 saturated carbocycles. The molecule has 1 aromatic rings. The first-order chi connectivity index (χ1) is 6.69. The molecule has 3 nitrogen and oxygen atoms in total. The molecule has 0 radical (unpaired) electrons. The quantitative estimate of drug-likeness (QED) is 0.717. The lowest BCUT2D eigenvalue weighted by atomic mass is 10.1. The van der Waals surface area contributed by atoms with Gasteiger partial charge in [0.25, 0.3) is 0 Å². The minimum Gasteiger partial charge on any atom is -0.494 e. The summed E-state index contributed by atoms with van der Waals surface area (Å²) in [6, 6.07) is 5.67. The molecule has 1 aromatic carbocycles. The molecule has 0 amide bonds. The molecule has 78 valence electrons. The molecular weight excluding hydrogens is 178 g/mol. The van der Waals surface area contributed by atoms with Crippen molar-refractivity contribution in [2.24, 2.45) is 0 Å². The smallest absolute Gasteiger partial charge is 0.130 e. The summed E-state index contributed by atoms with van der Waals surface area (Å²) in [5.41, 5.74) is 1.90. The number of ether oxygens (including phenoxy) is 1. The number of aryl methyl sites for hydroxylation is 1. The SMILES string of the molecule is CCOc1ccc(C(O)NC)cc1C. The zero-order valence-electron chi connectivity index (χ0n) is 8.87. The van der Waals surface area contributed by atoms with Gasteiger partial charge >= 0.3 is 0 Å². The third-order valence-corrected chi connectivity index (χ3v) is 2.09. The van der Waals surface area contributed by atoms with Gasteiger partial charge in [-0.1, -0.05) is 6.07 Å². The Balaban J connectivity index is 2.88. The van der Waals surface area contributed by atoms with Crippen LogP contribution in [0.1, 0.15) is 24.3 Å². The number of aliphatic hydroxyl groups excluding tert-OH is 1. The number of hydrogen-bond acceptors (Lipinski definition) is 3. The van der Waals surface area contributed by atoms with Crippen LogP contribution < -0.4 is 10.1 Å². The first-order valence-corrected chi connectivity index (χ1v) is 4.77. The Hall–Kier alpha value is -1.06. The number of hydrogen-bond donors (Lipinski definition) is 2. The molecular formula is C11H17NO2. The van der Waals surface area contributed by atoms with Crippen LogP contribution in [-0.2, 0) is 0 Å². The molecule has 0 aliphatic carbocycles. The number of benzene rings is 1. The maximum absolute atomic E-state index is 9.52. The van der Waals surface area contributed by atoms with Crippen molar-refractivity contribution in [1.29, 1.82) is 0 Å². The predicted octanol–water partition coefficient (Wildman–Crippen LogP) is 1.60. The second kappa shape index (κ2) is 4.98. The summed E-state index contributed by atoms with van der Waals surface area (Å²) in [5, 5.41) is 12.3. The normalized spacial score (nSPS) is 12.6. The molecule has 0 saturated heterocycles. The van der Waals surface area contributed by atoms with Crippen LogP contribution >= 0.6 is 0 Å². The van der Waals surface area contributed by atoms with Crippen LogP contribution in [-0.4, -0.2) is 18.8 Å². The number of rotatable bonds is 4. The highest BCUT2D eigenvalue weighted by molar-refractivity contribution is 5.36. The molecule has 0 aliphatic heterocycles. The van der Waals surface area contributed by atoms with Crippen molar-refractivity contribution in [3.8, 4) is 5.75 Å². The van der Waals surface area contributed by atoms with E-state index in [1.165, 1.54) is 0 Å². The van der Waals surface area contributed by atoms with E-state index < -0.39 is 6.23 Å². The topological polar surface area (TPSA) is 41.5 Å². The van der Waals surface area contributed by atoms with Crippen LogP contribution in [0.5, 0.6) is 5.75 Å². The summed E-state index contributed by atoms with van der Waals surface area (Å²) < 4.78 is 5.40. The average Bonchev–Trinajstić information content (AvgIpc) is 2.20. The van der Waals surface area contributed by atoms with Crippen LogP contribution in [0.2, 0.25) is 0 Å². The van der Waals surface area contributed by atoms with Gasteiger partial charge in [0, 0.05) is 0 Å². The highest BCUT2D eigenvalue weighted by Crippen LogP contribution is 2.21. The minimum absolute atomic E-state index is 0.607. The summed E-state index contributed by atoms with van der Waals surface area (Å²) in [4.78, 5) is 0. The fourth-order valence-corrected chi connectivity index (χ4v) is 1.33. The van der Waals surface area contributed by atoms with Crippen molar-refractivity contribution in [3.63, 3.8) is 0 Å². The standard InChI is InChI=1S/C11H17NO2/c1-4-14-10-6-5-9(7-8(10)2)11(13)12-3/h5-7,11-13H,4H2,1-3H3. The summed E-state index contributed by atoms with van der Waals surface area (Å²) in [7, 11) is 1.72. The first-order valence-electron chi connectivity index (χ1n) is 4.77. The molecule has 0 heterocycles. The Morgan fingerprint density at radius 1 is 1.50 bits per heavy atom. The number of aliphatic hydroxyl groups is 1. The van der Waals surface area contributed by atoms with Gasteiger partial charge in [-0.2, -0.15) is 0 Å². The van der Waals surface area contributed by atoms with Crippen molar-refractivity contribution in [3.05, 3.63) is 29.3 Å². The van der Waals surface area contributed by atoms with E-state index in [1.807, 2.05) is 32.0 Å². The minimum atomic E-state index is -0.607. The van der Waals surface area contributed by atoms with Gasteiger partial charge in [0.05, 0.1) is 6.61 Å². The van der Waals surface area contributed by atoms with E-state index >= 15 is 0 Å². The van der Waals surface area contributed by atoms with Crippen LogP contribution in [0.15, 0.2) is 18.2 Å². The third kappa shape index (κ3) is 2.47. The van der Waals surface area contributed by atoms with Crippen LogP contribution in [0, 0.1) is 6.92 Å². The third-order valence-electron chi connectivity index (χ3n) is 2.09. The van der Waals surface area contributed by atoms with E-state index in [4.69, 9.17) is 4.74 Å².